The van der Waals surface area contributed by atoms with E-state index in [0.29, 0.717) is 10.6 Å². The molecule has 0 aliphatic carbocycles. The van der Waals surface area contributed by atoms with E-state index in [1.54, 1.807) is 23.9 Å². The summed E-state index contributed by atoms with van der Waals surface area (Å²) in [5, 5.41) is 0.512. The van der Waals surface area contributed by atoms with Crippen molar-refractivity contribution in [1.82, 2.24) is 0 Å². The van der Waals surface area contributed by atoms with Crippen LogP contribution in [0.4, 0.5) is 0 Å². The number of aldehydes is 1. The van der Waals surface area contributed by atoms with Gasteiger partial charge in [0.15, 0.2) is 6.29 Å². The topological polar surface area (TPSA) is 17.1 Å². The lowest BCUT2D eigenvalue weighted by Crippen LogP contribution is -1.81. The average molecular weight is 187 g/mol. The summed E-state index contributed by atoms with van der Waals surface area (Å²) in [6, 6.07) is 5.40. The first kappa shape index (κ1) is 8.62. The molecule has 0 saturated carbocycles. The molecule has 1 nitrogen and oxygen atoms in total. The van der Waals surface area contributed by atoms with Crippen molar-refractivity contribution >= 4 is 29.6 Å². The Bertz CT molecular complexity index is 273. The van der Waals surface area contributed by atoms with Crippen LogP contribution in [0.15, 0.2) is 23.1 Å². The SMILES string of the molecule is CSc1ccc(Cl)c(C=O)c1. The van der Waals surface area contributed by atoms with Gasteiger partial charge in [0.05, 0.1) is 5.02 Å². The first-order chi connectivity index (χ1) is 5.27. The Hall–Kier alpha value is -0.470. The van der Waals surface area contributed by atoms with Crippen molar-refractivity contribution in [2.75, 3.05) is 6.26 Å². The lowest BCUT2D eigenvalue weighted by molar-refractivity contribution is 0.112. The molecule has 0 saturated heterocycles. The number of benzene rings is 1. The van der Waals surface area contributed by atoms with Crippen LogP contribution in [0.3, 0.4) is 0 Å². The molecule has 0 aliphatic heterocycles. The third-order valence-corrected chi connectivity index (χ3v) is 2.40. The van der Waals surface area contributed by atoms with Gasteiger partial charge in [-0.15, -0.1) is 11.8 Å². The van der Waals surface area contributed by atoms with Crippen LogP contribution in [0.1, 0.15) is 10.4 Å². The monoisotopic (exact) mass is 186 g/mol. The number of carbonyl (C=O) groups is 1. The molecule has 1 aromatic carbocycles. The fraction of sp³-hybridized carbons (Fsp3) is 0.125. The van der Waals surface area contributed by atoms with Crippen LogP contribution in [0.5, 0.6) is 0 Å². The van der Waals surface area contributed by atoms with Crippen molar-refractivity contribution in [3.63, 3.8) is 0 Å². The maximum atomic E-state index is 10.4. The van der Waals surface area contributed by atoms with E-state index in [0.717, 1.165) is 11.2 Å². The van der Waals surface area contributed by atoms with E-state index in [4.69, 9.17) is 11.6 Å². The van der Waals surface area contributed by atoms with Crippen molar-refractivity contribution in [2.45, 2.75) is 4.90 Å². The third kappa shape index (κ3) is 1.98. The molecule has 0 amide bonds. The highest BCUT2D eigenvalue weighted by Gasteiger charge is 1.98. The molecule has 0 heterocycles. The Kier molecular flexibility index (Phi) is 2.97. The predicted octanol–water partition coefficient (Wildman–Crippen LogP) is 2.87. The zero-order chi connectivity index (χ0) is 8.27. The molecule has 0 aromatic heterocycles. The number of hydrogen-bond acceptors (Lipinski definition) is 2. The van der Waals surface area contributed by atoms with Gasteiger partial charge in [0.25, 0.3) is 0 Å². The lowest BCUT2D eigenvalue weighted by atomic mass is 10.2. The molecule has 3 heteroatoms. The Balaban J connectivity index is 3.12. The zero-order valence-electron chi connectivity index (χ0n) is 6.00. The van der Waals surface area contributed by atoms with E-state index in [1.165, 1.54) is 0 Å². The van der Waals surface area contributed by atoms with Crippen LogP contribution in [0.25, 0.3) is 0 Å². The Morgan fingerprint density at radius 1 is 1.55 bits per heavy atom. The summed E-state index contributed by atoms with van der Waals surface area (Å²) in [4.78, 5) is 11.5. The fourth-order valence-corrected chi connectivity index (χ4v) is 1.35. The number of hydrogen-bond donors (Lipinski definition) is 0. The molecule has 0 spiro atoms. The Morgan fingerprint density at radius 3 is 2.82 bits per heavy atom. The molecule has 1 aromatic rings. The van der Waals surface area contributed by atoms with Crippen LogP contribution in [-0.4, -0.2) is 12.5 Å². The van der Waals surface area contributed by atoms with Crippen molar-refractivity contribution in [3.05, 3.63) is 28.8 Å². The van der Waals surface area contributed by atoms with Crippen LogP contribution in [0.2, 0.25) is 5.02 Å². The minimum Gasteiger partial charge on any atom is -0.298 e. The van der Waals surface area contributed by atoms with Crippen molar-refractivity contribution in [1.29, 1.82) is 0 Å². The molecule has 0 bridgehead atoms. The fourth-order valence-electron chi connectivity index (χ4n) is 0.739. The Labute approximate surface area is 74.7 Å². The van der Waals surface area contributed by atoms with Crippen molar-refractivity contribution < 1.29 is 4.79 Å². The van der Waals surface area contributed by atoms with Gasteiger partial charge in [-0.25, -0.2) is 0 Å². The van der Waals surface area contributed by atoms with Gasteiger partial charge in [-0.2, -0.15) is 0 Å². The maximum absolute atomic E-state index is 10.4. The van der Waals surface area contributed by atoms with Crippen LogP contribution < -0.4 is 0 Å². The van der Waals surface area contributed by atoms with E-state index < -0.39 is 0 Å². The molecule has 0 radical (unpaired) electrons. The minimum absolute atomic E-state index is 0.512. The molecule has 0 aliphatic rings. The summed E-state index contributed by atoms with van der Waals surface area (Å²) in [6.07, 6.45) is 2.72. The summed E-state index contributed by atoms with van der Waals surface area (Å²) < 4.78 is 0. The van der Waals surface area contributed by atoms with Gasteiger partial charge in [0, 0.05) is 10.5 Å². The lowest BCUT2D eigenvalue weighted by Gasteiger charge is -1.98. The van der Waals surface area contributed by atoms with Crippen molar-refractivity contribution in [2.24, 2.45) is 0 Å². The molecule has 0 atom stereocenters. The Morgan fingerprint density at radius 2 is 2.27 bits per heavy atom. The first-order valence-corrected chi connectivity index (χ1v) is 4.67. The third-order valence-electron chi connectivity index (χ3n) is 1.33. The minimum atomic E-state index is 0.512. The molecule has 0 N–H and O–H groups in total. The van der Waals surface area contributed by atoms with Gasteiger partial charge in [0.2, 0.25) is 0 Å². The molecule has 58 valence electrons. The largest absolute Gasteiger partial charge is 0.298 e. The van der Waals surface area contributed by atoms with Gasteiger partial charge < -0.3 is 0 Å². The number of halogens is 1. The number of thioether (sulfide) groups is 1. The molecular weight excluding hydrogens is 180 g/mol. The second-order valence-corrected chi connectivity index (χ2v) is 3.29. The highest BCUT2D eigenvalue weighted by Crippen LogP contribution is 2.21. The van der Waals surface area contributed by atoms with Gasteiger partial charge >= 0.3 is 0 Å². The maximum Gasteiger partial charge on any atom is 0.151 e. The van der Waals surface area contributed by atoms with Crippen molar-refractivity contribution in [3.8, 4) is 0 Å². The van der Waals surface area contributed by atoms with Crippen LogP contribution >= 0.6 is 23.4 Å². The number of rotatable bonds is 2. The van der Waals surface area contributed by atoms with E-state index in [9.17, 15) is 4.79 Å². The van der Waals surface area contributed by atoms with E-state index in [1.807, 2.05) is 12.3 Å². The molecular formula is C8H7ClOS. The molecule has 1 rings (SSSR count). The summed E-state index contributed by atoms with van der Waals surface area (Å²) in [5.41, 5.74) is 0.554. The molecule has 0 unspecified atom stereocenters. The van der Waals surface area contributed by atoms with Crippen LogP contribution in [0, 0.1) is 0 Å². The predicted molar refractivity (Wildman–Crippen MR) is 48.6 cm³/mol. The quantitative estimate of drug-likeness (QED) is 0.522. The standard InChI is InChI=1S/C8H7ClOS/c1-11-7-2-3-8(9)6(4-7)5-10/h2-5H,1H3. The van der Waals surface area contributed by atoms with Gasteiger partial charge in [-0.05, 0) is 24.5 Å². The first-order valence-electron chi connectivity index (χ1n) is 3.06. The van der Waals surface area contributed by atoms with E-state index in [2.05, 4.69) is 0 Å². The van der Waals surface area contributed by atoms with Gasteiger partial charge in [-0.1, -0.05) is 11.6 Å². The van der Waals surface area contributed by atoms with Crippen LogP contribution in [-0.2, 0) is 0 Å². The van der Waals surface area contributed by atoms with E-state index >= 15 is 0 Å². The number of carbonyl (C=O) groups excluding carboxylic acids is 1. The summed E-state index contributed by atoms with van der Waals surface area (Å²) in [5.74, 6) is 0. The second kappa shape index (κ2) is 3.79. The zero-order valence-corrected chi connectivity index (χ0v) is 7.58. The van der Waals surface area contributed by atoms with E-state index in [-0.39, 0.29) is 0 Å². The van der Waals surface area contributed by atoms with Gasteiger partial charge in [-0.3, -0.25) is 4.79 Å². The average Bonchev–Trinajstić information content (AvgIpc) is 2.05. The smallest absolute Gasteiger partial charge is 0.151 e. The van der Waals surface area contributed by atoms with Gasteiger partial charge in [0.1, 0.15) is 0 Å². The second-order valence-electron chi connectivity index (χ2n) is 2.01. The molecule has 0 fully saturated rings. The normalized spacial score (nSPS) is 9.64. The highest BCUT2D eigenvalue weighted by atomic mass is 35.5. The summed E-state index contributed by atoms with van der Waals surface area (Å²) in [7, 11) is 0. The summed E-state index contributed by atoms with van der Waals surface area (Å²) >= 11 is 7.30. The highest BCUT2D eigenvalue weighted by molar-refractivity contribution is 7.98. The summed E-state index contributed by atoms with van der Waals surface area (Å²) in [6.45, 7) is 0. The molecule has 11 heavy (non-hydrogen) atoms.